The third-order valence-corrected chi connectivity index (χ3v) is 4.57. The summed E-state index contributed by atoms with van der Waals surface area (Å²) in [6.45, 7) is 1.99. The average molecular weight is 348 g/mol. The molecule has 126 valence electrons. The fraction of sp³-hybridized carbons (Fsp3) is 0.353. The highest BCUT2D eigenvalue weighted by atomic mass is 35.5. The number of carbonyl (C=O) groups excluding carboxylic acids is 2. The van der Waals surface area contributed by atoms with E-state index in [9.17, 15) is 14.7 Å². The summed E-state index contributed by atoms with van der Waals surface area (Å²) in [6, 6.07) is 6.06. The molecule has 7 heteroatoms. The van der Waals surface area contributed by atoms with Gasteiger partial charge >= 0.3 is 0 Å². The van der Waals surface area contributed by atoms with Crippen LogP contribution in [0.4, 0.5) is 0 Å². The first-order chi connectivity index (χ1) is 11.5. The van der Waals surface area contributed by atoms with Gasteiger partial charge in [0, 0.05) is 12.1 Å². The predicted molar refractivity (Wildman–Crippen MR) is 85.4 cm³/mol. The first kappa shape index (κ1) is 16.5. The Morgan fingerprint density at radius 2 is 2.08 bits per heavy atom. The van der Waals surface area contributed by atoms with Crippen LogP contribution in [0.2, 0.25) is 5.02 Å². The van der Waals surface area contributed by atoms with Gasteiger partial charge in [0.1, 0.15) is 17.0 Å². The monoisotopic (exact) mass is 347 g/mol. The highest BCUT2D eigenvalue weighted by molar-refractivity contribution is 6.33. The van der Waals surface area contributed by atoms with E-state index in [1.807, 2.05) is 0 Å². The fourth-order valence-electron chi connectivity index (χ4n) is 3.02. The summed E-state index contributed by atoms with van der Waals surface area (Å²) in [5.41, 5.74) is 1.14. The van der Waals surface area contributed by atoms with Crippen molar-refractivity contribution in [1.29, 1.82) is 0 Å². The van der Waals surface area contributed by atoms with E-state index in [4.69, 9.17) is 16.1 Å². The minimum atomic E-state index is -1.24. The number of aryl methyl sites for hydroxylation is 1. The van der Waals surface area contributed by atoms with Crippen molar-refractivity contribution in [3.8, 4) is 11.3 Å². The molecule has 1 aliphatic rings. The Labute approximate surface area is 144 Å². The van der Waals surface area contributed by atoms with Crippen molar-refractivity contribution in [2.75, 3.05) is 6.54 Å². The maximum atomic E-state index is 13.0. The normalized spacial score (nSPS) is 17.8. The van der Waals surface area contributed by atoms with Crippen molar-refractivity contribution >= 4 is 23.5 Å². The van der Waals surface area contributed by atoms with Crippen molar-refractivity contribution in [3.05, 3.63) is 40.6 Å². The number of carbonyl (C=O) groups is 2. The lowest BCUT2D eigenvalue weighted by molar-refractivity contribution is -0.311. The smallest absolute Gasteiger partial charge is 0.260 e. The Balaban J connectivity index is 2.03. The predicted octanol–water partition coefficient (Wildman–Crippen LogP) is 2.05. The number of benzene rings is 1. The molecule has 0 radical (unpaired) electrons. The molecule has 0 saturated carbocycles. The molecule has 0 bridgehead atoms. The van der Waals surface area contributed by atoms with Gasteiger partial charge in [-0.3, -0.25) is 4.79 Å². The second-order valence-electron chi connectivity index (χ2n) is 5.77. The molecule has 6 nitrogen and oxygen atoms in total. The van der Waals surface area contributed by atoms with Gasteiger partial charge in [-0.05, 0) is 32.3 Å². The second-order valence-corrected chi connectivity index (χ2v) is 6.18. The van der Waals surface area contributed by atoms with Gasteiger partial charge in [-0.25, -0.2) is 0 Å². The van der Waals surface area contributed by atoms with Crippen LogP contribution in [0, 0.1) is 6.92 Å². The summed E-state index contributed by atoms with van der Waals surface area (Å²) in [5.74, 6) is -1.33. The summed E-state index contributed by atoms with van der Waals surface area (Å²) in [6.07, 6.45) is 1.89. The molecule has 1 aliphatic heterocycles. The van der Waals surface area contributed by atoms with Crippen LogP contribution in [0.3, 0.4) is 0 Å². The van der Waals surface area contributed by atoms with Crippen molar-refractivity contribution in [2.45, 2.75) is 32.2 Å². The van der Waals surface area contributed by atoms with E-state index < -0.39 is 17.9 Å². The van der Waals surface area contributed by atoms with Crippen LogP contribution in [0.25, 0.3) is 11.3 Å². The molecule has 24 heavy (non-hydrogen) atoms. The third kappa shape index (κ3) is 2.89. The van der Waals surface area contributed by atoms with Crippen LogP contribution in [0.1, 0.15) is 35.4 Å². The lowest BCUT2D eigenvalue weighted by Crippen LogP contribution is -2.53. The number of carboxylic acid groups (broad SMARTS) is 1. The largest absolute Gasteiger partial charge is 0.548 e. The van der Waals surface area contributed by atoms with E-state index in [1.165, 1.54) is 4.90 Å². The Morgan fingerprint density at radius 1 is 1.33 bits per heavy atom. The summed E-state index contributed by atoms with van der Waals surface area (Å²) < 4.78 is 5.19. The Morgan fingerprint density at radius 3 is 2.79 bits per heavy atom. The molecule has 1 aromatic carbocycles. The topological polar surface area (TPSA) is 86.5 Å². The molecule has 1 atom stereocenters. The van der Waals surface area contributed by atoms with Crippen LogP contribution >= 0.6 is 11.6 Å². The number of rotatable bonds is 3. The van der Waals surface area contributed by atoms with Crippen LogP contribution in [0.15, 0.2) is 28.8 Å². The zero-order valence-corrected chi connectivity index (χ0v) is 13.9. The molecule has 2 aromatic rings. The lowest BCUT2D eigenvalue weighted by atomic mass is 9.99. The minimum absolute atomic E-state index is 0.247. The standard InChI is InChI=1S/C17H17ClN2O4/c1-10-14(15(19-24-10)11-6-2-3-7-12(11)18)16(21)20-9-5-4-8-13(20)17(22)23/h2-3,6-7,13H,4-5,8-9H2,1H3,(H,22,23)/p-1. The number of aromatic nitrogens is 1. The van der Waals surface area contributed by atoms with Gasteiger partial charge in [0.25, 0.3) is 5.91 Å². The van der Waals surface area contributed by atoms with Gasteiger partial charge in [0.2, 0.25) is 0 Å². The fourth-order valence-corrected chi connectivity index (χ4v) is 3.25. The number of piperidine rings is 1. The molecule has 2 heterocycles. The van der Waals surface area contributed by atoms with Gasteiger partial charge in [-0.15, -0.1) is 0 Å². The SMILES string of the molecule is Cc1onc(-c2ccccc2Cl)c1C(=O)N1CCCCC1C(=O)[O-]. The van der Waals surface area contributed by atoms with Gasteiger partial charge in [-0.2, -0.15) is 0 Å². The number of aliphatic carboxylic acids is 1. The summed E-state index contributed by atoms with van der Waals surface area (Å²) in [4.78, 5) is 25.7. The number of carboxylic acids is 1. The zero-order valence-electron chi connectivity index (χ0n) is 13.1. The highest BCUT2D eigenvalue weighted by Crippen LogP contribution is 2.32. The maximum Gasteiger partial charge on any atom is 0.260 e. The van der Waals surface area contributed by atoms with E-state index in [1.54, 1.807) is 31.2 Å². The molecular formula is C17H16ClN2O4-. The quantitative estimate of drug-likeness (QED) is 0.848. The van der Waals surface area contributed by atoms with Gasteiger partial charge in [0.05, 0.1) is 17.0 Å². The first-order valence-electron chi connectivity index (χ1n) is 7.73. The summed E-state index contributed by atoms with van der Waals surface area (Å²) >= 11 is 6.20. The van der Waals surface area contributed by atoms with E-state index >= 15 is 0 Å². The lowest BCUT2D eigenvalue weighted by Gasteiger charge is -2.36. The van der Waals surface area contributed by atoms with Crippen molar-refractivity contribution in [3.63, 3.8) is 0 Å². The van der Waals surface area contributed by atoms with E-state index in [-0.39, 0.29) is 5.56 Å². The molecule has 1 saturated heterocycles. The molecule has 1 aromatic heterocycles. The van der Waals surface area contributed by atoms with Crippen LogP contribution in [0.5, 0.6) is 0 Å². The summed E-state index contributed by atoms with van der Waals surface area (Å²) in [5, 5.41) is 15.8. The van der Waals surface area contributed by atoms with Crippen LogP contribution in [-0.2, 0) is 4.79 Å². The van der Waals surface area contributed by atoms with Crippen LogP contribution in [-0.4, -0.2) is 34.5 Å². The molecule has 1 amide bonds. The van der Waals surface area contributed by atoms with E-state index in [0.29, 0.717) is 35.0 Å². The number of hydrogen-bond acceptors (Lipinski definition) is 5. The second kappa shape index (κ2) is 6.65. The number of amides is 1. The first-order valence-corrected chi connectivity index (χ1v) is 8.11. The maximum absolute atomic E-state index is 13.0. The molecule has 3 rings (SSSR count). The Hall–Kier alpha value is -2.34. The number of hydrogen-bond donors (Lipinski definition) is 0. The number of likely N-dealkylation sites (tertiary alicyclic amines) is 1. The molecule has 0 N–H and O–H groups in total. The Kier molecular flexibility index (Phi) is 4.57. The zero-order chi connectivity index (χ0) is 17.3. The van der Waals surface area contributed by atoms with Crippen molar-refractivity contribution < 1.29 is 19.2 Å². The van der Waals surface area contributed by atoms with Gasteiger partial charge in [0.15, 0.2) is 0 Å². The molecular weight excluding hydrogens is 332 g/mol. The minimum Gasteiger partial charge on any atom is -0.548 e. The molecule has 0 aliphatic carbocycles. The number of nitrogens with zero attached hydrogens (tertiary/aromatic N) is 2. The van der Waals surface area contributed by atoms with Gasteiger partial charge in [-0.1, -0.05) is 35.0 Å². The highest BCUT2D eigenvalue weighted by Gasteiger charge is 2.33. The third-order valence-electron chi connectivity index (χ3n) is 4.24. The molecule has 0 spiro atoms. The Bertz CT molecular complexity index is 787. The van der Waals surface area contributed by atoms with Crippen molar-refractivity contribution in [1.82, 2.24) is 10.1 Å². The molecule has 1 unspecified atom stereocenters. The average Bonchev–Trinajstić information content (AvgIpc) is 2.96. The van der Waals surface area contributed by atoms with E-state index in [2.05, 4.69) is 5.16 Å². The molecule has 1 fully saturated rings. The van der Waals surface area contributed by atoms with E-state index in [0.717, 1.165) is 12.8 Å². The van der Waals surface area contributed by atoms with Crippen LogP contribution < -0.4 is 5.11 Å². The number of halogens is 1. The van der Waals surface area contributed by atoms with Crippen molar-refractivity contribution in [2.24, 2.45) is 0 Å². The summed E-state index contributed by atoms with van der Waals surface area (Å²) in [7, 11) is 0. The van der Waals surface area contributed by atoms with Gasteiger partial charge < -0.3 is 19.3 Å².